The van der Waals surface area contributed by atoms with E-state index in [-0.39, 0.29) is 11.7 Å². The van der Waals surface area contributed by atoms with Crippen molar-refractivity contribution in [2.75, 3.05) is 20.8 Å². The van der Waals surface area contributed by atoms with Gasteiger partial charge in [0.15, 0.2) is 0 Å². The Morgan fingerprint density at radius 2 is 1.87 bits per heavy atom. The van der Waals surface area contributed by atoms with Crippen LogP contribution in [0.4, 0.5) is 0 Å². The minimum atomic E-state index is -0.0405. The van der Waals surface area contributed by atoms with E-state index in [1.165, 1.54) is 0 Å². The number of hydrogen-bond donors (Lipinski definition) is 1. The summed E-state index contributed by atoms with van der Waals surface area (Å²) < 4.78 is 10.8. The second kappa shape index (κ2) is 7.20. The third kappa shape index (κ3) is 6.13. The maximum Gasteiger partial charge on any atom is 0.0696 e. The Morgan fingerprint density at radius 3 is 2.27 bits per heavy atom. The standard InChI is InChI=1S/C12H27NO2/c1-7-13-11(10(2)14-5)8-9-12(3,4)15-6/h10-11,13H,7-9H2,1-6H3. The van der Waals surface area contributed by atoms with E-state index in [0.717, 1.165) is 19.4 Å². The van der Waals surface area contributed by atoms with Crippen LogP contribution in [0.3, 0.4) is 0 Å². The lowest BCUT2D eigenvalue weighted by Crippen LogP contribution is -2.40. The average molecular weight is 217 g/mol. The summed E-state index contributed by atoms with van der Waals surface area (Å²) in [5, 5.41) is 3.45. The Morgan fingerprint density at radius 1 is 1.27 bits per heavy atom. The summed E-state index contributed by atoms with van der Waals surface area (Å²) in [7, 11) is 3.53. The molecule has 0 rings (SSSR count). The van der Waals surface area contributed by atoms with Crippen LogP contribution in [-0.2, 0) is 9.47 Å². The number of rotatable bonds is 8. The molecule has 2 atom stereocenters. The van der Waals surface area contributed by atoms with Gasteiger partial charge in [0.2, 0.25) is 0 Å². The smallest absolute Gasteiger partial charge is 0.0696 e. The maximum absolute atomic E-state index is 5.41. The normalized spacial score (nSPS) is 16.4. The quantitative estimate of drug-likeness (QED) is 0.676. The Labute approximate surface area is 94.5 Å². The monoisotopic (exact) mass is 217 g/mol. The first kappa shape index (κ1) is 14.9. The van der Waals surface area contributed by atoms with E-state index in [4.69, 9.17) is 9.47 Å². The van der Waals surface area contributed by atoms with Gasteiger partial charge in [0.25, 0.3) is 0 Å². The molecular weight excluding hydrogens is 190 g/mol. The highest BCUT2D eigenvalue weighted by atomic mass is 16.5. The highest BCUT2D eigenvalue weighted by Gasteiger charge is 2.21. The zero-order valence-corrected chi connectivity index (χ0v) is 11.1. The third-order valence-corrected chi connectivity index (χ3v) is 3.01. The second-order valence-electron chi connectivity index (χ2n) is 4.61. The van der Waals surface area contributed by atoms with Gasteiger partial charge in [-0.25, -0.2) is 0 Å². The molecule has 0 heterocycles. The van der Waals surface area contributed by atoms with E-state index in [1.54, 1.807) is 14.2 Å². The topological polar surface area (TPSA) is 30.5 Å². The van der Waals surface area contributed by atoms with Gasteiger partial charge < -0.3 is 14.8 Å². The molecule has 0 aromatic carbocycles. The Kier molecular flexibility index (Phi) is 7.14. The van der Waals surface area contributed by atoms with Crippen LogP contribution in [0, 0.1) is 0 Å². The molecule has 0 spiro atoms. The molecule has 15 heavy (non-hydrogen) atoms. The number of methoxy groups -OCH3 is 2. The first-order chi connectivity index (χ1) is 6.96. The van der Waals surface area contributed by atoms with Gasteiger partial charge in [0, 0.05) is 20.3 Å². The van der Waals surface area contributed by atoms with Crippen molar-refractivity contribution in [1.82, 2.24) is 5.32 Å². The van der Waals surface area contributed by atoms with Gasteiger partial charge in [-0.1, -0.05) is 6.92 Å². The van der Waals surface area contributed by atoms with E-state index < -0.39 is 0 Å². The zero-order valence-electron chi connectivity index (χ0n) is 11.1. The molecule has 0 bridgehead atoms. The highest BCUT2D eigenvalue weighted by molar-refractivity contribution is 4.78. The van der Waals surface area contributed by atoms with Crippen LogP contribution in [0.5, 0.6) is 0 Å². The number of hydrogen-bond acceptors (Lipinski definition) is 3. The molecule has 0 aromatic rings. The Bertz CT molecular complexity index is 160. The first-order valence-electron chi connectivity index (χ1n) is 5.78. The van der Waals surface area contributed by atoms with Gasteiger partial charge in [0.1, 0.15) is 0 Å². The van der Waals surface area contributed by atoms with Gasteiger partial charge in [-0.15, -0.1) is 0 Å². The van der Waals surface area contributed by atoms with Gasteiger partial charge >= 0.3 is 0 Å². The zero-order chi connectivity index (χ0) is 11.9. The van der Waals surface area contributed by atoms with Gasteiger partial charge in [-0.2, -0.15) is 0 Å². The van der Waals surface area contributed by atoms with Crippen LogP contribution in [0.15, 0.2) is 0 Å². The summed E-state index contributed by atoms with van der Waals surface area (Å²) in [6.07, 6.45) is 2.36. The molecule has 0 aromatic heterocycles. The summed E-state index contributed by atoms with van der Waals surface area (Å²) >= 11 is 0. The van der Waals surface area contributed by atoms with Crippen molar-refractivity contribution in [3.05, 3.63) is 0 Å². The van der Waals surface area contributed by atoms with Crippen molar-refractivity contribution in [2.45, 2.75) is 58.3 Å². The number of nitrogens with one attached hydrogen (secondary N) is 1. The van der Waals surface area contributed by atoms with E-state index in [2.05, 4.69) is 33.0 Å². The molecule has 0 aliphatic carbocycles. The summed E-state index contributed by atoms with van der Waals surface area (Å²) in [4.78, 5) is 0. The predicted molar refractivity (Wildman–Crippen MR) is 64.3 cm³/mol. The van der Waals surface area contributed by atoms with Crippen LogP contribution in [0.1, 0.15) is 40.5 Å². The third-order valence-electron chi connectivity index (χ3n) is 3.01. The molecular formula is C12H27NO2. The van der Waals surface area contributed by atoms with E-state index in [0.29, 0.717) is 6.04 Å². The van der Waals surface area contributed by atoms with Crippen LogP contribution in [0.25, 0.3) is 0 Å². The summed E-state index contributed by atoms with van der Waals surface area (Å²) in [6, 6.07) is 0.412. The van der Waals surface area contributed by atoms with Crippen molar-refractivity contribution in [3.8, 4) is 0 Å². The van der Waals surface area contributed by atoms with Crippen molar-refractivity contribution in [2.24, 2.45) is 0 Å². The summed E-state index contributed by atoms with van der Waals surface area (Å²) in [5.41, 5.74) is -0.0405. The molecule has 0 fully saturated rings. The minimum absolute atomic E-state index is 0.0405. The molecule has 0 saturated carbocycles. The lowest BCUT2D eigenvalue weighted by Gasteiger charge is -2.28. The van der Waals surface area contributed by atoms with Crippen molar-refractivity contribution >= 4 is 0 Å². The molecule has 92 valence electrons. The lowest BCUT2D eigenvalue weighted by atomic mass is 9.96. The van der Waals surface area contributed by atoms with Gasteiger partial charge in [-0.3, -0.25) is 0 Å². The Hall–Kier alpha value is -0.120. The maximum atomic E-state index is 5.41. The molecule has 1 N–H and O–H groups in total. The van der Waals surface area contributed by atoms with Crippen LogP contribution in [-0.4, -0.2) is 38.5 Å². The lowest BCUT2D eigenvalue weighted by molar-refractivity contribution is 0.00425. The van der Waals surface area contributed by atoms with Crippen molar-refractivity contribution < 1.29 is 9.47 Å². The molecule has 0 aliphatic rings. The first-order valence-corrected chi connectivity index (χ1v) is 5.78. The molecule has 2 unspecified atom stereocenters. The summed E-state index contributed by atoms with van der Waals surface area (Å²) in [5.74, 6) is 0. The molecule has 0 amide bonds. The fraction of sp³-hybridized carbons (Fsp3) is 1.00. The van der Waals surface area contributed by atoms with Gasteiger partial charge in [-0.05, 0) is 40.2 Å². The number of likely N-dealkylation sites (N-methyl/N-ethyl adjacent to an activating group) is 1. The van der Waals surface area contributed by atoms with E-state index in [9.17, 15) is 0 Å². The SMILES string of the molecule is CCNC(CCC(C)(C)OC)C(C)OC. The molecule has 3 heteroatoms. The Balaban J connectivity index is 4.06. The van der Waals surface area contributed by atoms with Crippen molar-refractivity contribution in [1.29, 1.82) is 0 Å². The highest BCUT2D eigenvalue weighted by Crippen LogP contribution is 2.18. The molecule has 0 saturated heterocycles. The molecule has 0 radical (unpaired) electrons. The fourth-order valence-electron chi connectivity index (χ4n) is 1.53. The molecule has 3 nitrogen and oxygen atoms in total. The fourth-order valence-corrected chi connectivity index (χ4v) is 1.53. The summed E-state index contributed by atoms with van der Waals surface area (Å²) in [6.45, 7) is 9.44. The van der Waals surface area contributed by atoms with E-state index >= 15 is 0 Å². The molecule has 0 aliphatic heterocycles. The second-order valence-corrected chi connectivity index (χ2v) is 4.61. The van der Waals surface area contributed by atoms with Crippen molar-refractivity contribution in [3.63, 3.8) is 0 Å². The van der Waals surface area contributed by atoms with Gasteiger partial charge in [0.05, 0.1) is 11.7 Å². The minimum Gasteiger partial charge on any atom is -0.380 e. The largest absolute Gasteiger partial charge is 0.380 e. The average Bonchev–Trinajstić information content (AvgIpc) is 2.23. The van der Waals surface area contributed by atoms with Crippen LogP contribution >= 0.6 is 0 Å². The number of ether oxygens (including phenoxy) is 2. The van der Waals surface area contributed by atoms with Crippen LogP contribution < -0.4 is 5.32 Å². The predicted octanol–water partition coefficient (Wildman–Crippen LogP) is 2.20. The van der Waals surface area contributed by atoms with Crippen LogP contribution in [0.2, 0.25) is 0 Å². The van der Waals surface area contributed by atoms with E-state index in [1.807, 2.05) is 0 Å².